The van der Waals surface area contributed by atoms with Crippen molar-refractivity contribution in [1.82, 2.24) is 10.3 Å². The van der Waals surface area contributed by atoms with E-state index in [0.29, 0.717) is 12.2 Å². The fraction of sp³-hybridized carbons (Fsp3) is 0.500. The van der Waals surface area contributed by atoms with E-state index in [4.69, 9.17) is 22.1 Å². The highest BCUT2D eigenvalue weighted by molar-refractivity contribution is 6.29. The Hall–Kier alpha value is -1.33. The maximum atomic E-state index is 12.0. The summed E-state index contributed by atoms with van der Waals surface area (Å²) in [6.45, 7) is 2.67. The highest BCUT2D eigenvalue weighted by Gasteiger charge is 2.21. The van der Waals surface area contributed by atoms with Gasteiger partial charge in [-0.15, -0.1) is 0 Å². The number of pyridine rings is 1. The molecular weight excluding hydrogens is 254 g/mol. The van der Waals surface area contributed by atoms with Crippen molar-refractivity contribution in [3.8, 4) is 0 Å². The van der Waals surface area contributed by atoms with Gasteiger partial charge in [-0.3, -0.25) is 4.79 Å². The van der Waals surface area contributed by atoms with Gasteiger partial charge in [0.2, 0.25) is 0 Å². The molecule has 0 radical (unpaired) electrons. The molecule has 98 valence electrons. The van der Waals surface area contributed by atoms with Crippen molar-refractivity contribution in [2.75, 3.05) is 12.3 Å². The van der Waals surface area contributed by atoms with Crippen LogP contribution in [0.3, 0.4) is 0 Å². The van der Waals surface area contributed by atoms with Crippen LogP contribution >= 0.6 is 11.6 Å². The standard InChI is InChI=1S/C12H16ClN3O2/c1-7-4-9(2-3-18-7)15-12(17)8-5-10(13)16-11(14)6-8/h5-7,9H,2-4H2,1H3,(H2,14,16)(H,15,17). The molecule has 0 spiro atoms. The third-order valence-corrected chi connectivity index (χ3v) is 3.09. The fourth-order valence-electron chi connectivity index (χ4n) is 2.05. The van der Waals surface area contributed by atoms with E-state index < -0.39 is 0 Å². The average molecular weight is 270 g/mol. The number of nitrogen functional groups attached to an aromatic ring is 1. The van der Waals surface area contributed by atoms with E-state index in [1.165, 1.54) is 12.1 Å². The molecule has 6 heteroatoms. The molecule has 1 aliphatic heterocycles. The molecule has 0 saturated carbocycles. The zero-order valence-corrected chi connectivity index (χ0v) is 10.9. The van der Waals surface area contributed by atoms with Gasteiger partial charge < -0.3 is 15.8 Å². The number of rotatable bonds is 2. The Morgan fingerprint density at radius 2 is 2.39 bits per heavy atom. The summed E-state index contributed by atoms with van der Waals surface area (Å²) in [6, 6.07) is 3.16. The van der Waals surface area contributed by atoms with E-state index >= 15 is 0 Å². The lowest BCUT2D eigenvalue weighted by atomic mass is 10.0. The first-order valence-corrected chi connectivity index (χ1v) is 6.28. The third kappa shape index (κ3) is 3.34. The largest absolute Gasteiger partial charge is 0.384 e. The van der Waals surface area contributed by atoms with Crippen LogP contribution in [0.1, 0.15) is 30.1 Å². The monoisotopic (exact) mass is 269 g/mol. The molecule has 1 saturated heterocycles. The van der Waals surface area contributed by atoms with Gasteiger partial charge >= 0.3 is 0 Å². The van der Waals surface area contributed by atoms with E-state index in [2.05, 4.69) is 10.3 Å². The number of nitrogens with one attached hydrogen (secondary N) is 1. The van der Waals surface area contributed by atoms with Gasteiger partial charge in [-0.05, 0) is 31.9 Å². The van der Waals surface area contributed by atoms with Crippen LogP contribution < -0.4 is 11.1 Å². The van der Waals surface area contributed by atoms with Gasteiger partial charge in [0.15, 0.2) is 0 Å². The van der Waals surface area contributed by atoms with E-state index in [0.717, 1.165) is 12.8 Å². The zero-order chi connectivity index (χ0) is 13.1. The summed E-state index contributed by atoms with van der Waals surface area (Å²) in [4.78, 5) is 15.8. The first-order chi connectivity index (χ1) is 8.54. The number of nitrogens with zero attached hydrogens (tertiary/aromatic N) is 1. The molecule has 3 N–H and O–H groups in total. The molecular formula is C12H16ClN3O2. The molecule has 1 aromatic rings. The summed E-state index contributed by atoms with van der Waals surface area (Å²) in [6.07, 6.45) is 1.82. The zero-order valence-electron chi connectivity index (χ0n) is 10.1. The molecule has 5 nitrogen and oxygen atoms in total. The minimum Gasteiger partial charge on any atom is -0.384 e. The van der Waals surface area contributed by atoms with E-state index in [9.17, 15) is 4.79 Å². The van der Waals surface area contributed by atoms with Gasteiger partial charge in [-0.25, -0.2) is 4.98 Å². The normalized spacial score (nSPS) is 23.7. The molecule has 0 aromatic carbocycles. The smallest absolute Gasteiger partial charge is 0.251 e. The van der Waals surface area contributed by atoms with E-state index in [1.54, 1.807) is 0 Å². The highest BCUT2D eigenvalue weighted by atomic mass is 35.5. The van der Waals surface area contributed by atoms with Crippen LogP contribution in [0.5, 0.6) is 0 Å². The van der Waals surface area contributed by atoms with Gasteiger partial charge in [-0.1, -0.05) is 11.6 Å². The van der Waals surface area contributed by atoms with Crippen molar-refractivity contribution in [1.29, 1.82) is 0 Å². The number of amides is 1. The van der Waals surface area contributed by atoms with Gasteiger partial charge in [0.1, 0.15) is 11.0 Å². The van der Waals surface area contributed by atoms with Crippen LogP contribution in [-0.4, -0.2) is 29.6 Å². The molecule has 0 bridgehead atoms. The first kappa shape index (κ1) is 13.1. The Morgan fingerprint density at radius 1 is 1.61 bits per heavy atom. The third-order valence-electron chi connectivity index (χ3n) is 2.90. The Labute approximate surface area is 111 Å². The second-order valence-electron chi connectivity index (χ2n) is 4.48. The topological polar surface area (TPSA) is 77.2 Å². The second kappa shape index (κ2) is 5.54. The lowest BCUT2D eigenvalue weighted by molar-refractivity contribution is 0.0136. The van der Waals surface area contributed by atoms with Crippen LogP contribution in [0.25, 0.3) is 0 Å². The number of aromatic nitrogens is 1. The van der Waals surface area contributed by atoms with Crippen molar-refractivity contribution in [2.45, 2.75) is 31.9 Å². The molecule has 1 amide bonds. The molecule has 2 rings (SSSR count). The molecule has 2 unspecified atom stereocenters. The molecule has 0 aliphatic carbocycles. The van der Waals surface area contributed by atoms with Crippen molar-refractivity contribution >= 4 is 23.3 Å². The predicted octanol–water partition coefficient (Wildman–Crippen LogP) is 1.61. The van der Waals surface area contributed by atoms with Crippen LogP contribution in [0.2, 0.25) is 5.15 Å². The Bertz CT molecular complexity index is 433. The van der Waals surface area contributed by atoms with Crippen LogP contribution in [-0.2, 0) is 4.74 Å². The van der Waals surface area contributed by atoms with Gasteiger partial charge in [0, 0.05) is 18.2 Å². The number of carbonyl (C=O) groups excluding carboxylic acids is 1. The summed E-state index contributed by atoms with van der Waals surface area (Å²) in [5.41, 5.74) is 5.99. The number of ether oxygens (including phenoxy) is 1. The Balaban J connectivity index is 2.02. The number of halogens is 1. The average Bonchev–Trinajstić information content (AvgIpc) is 2.27. The molecule has 2 heterocycles. The Kier molecular flexibility index (Phi) is 4.04. The molecule has 1 aliphatic rings. The SMILES string of the molecule is CC1CC(NC(=O)c2cc(N)nc(Cl)c2)CCO1. The maximum Gasteiger partial charge on any atom is 0.251 e. The van der Waals surface area contributed by atoms with Crippen molar-refractivity contribution in [3.63, 3.8) is 0 Å². The van der Waals surface area contributed by atoms with Gasteiger partial charge in [-0.2, -0.15) is 0 Å². The van der Waals surface area contributed by atoms with Gasteiger partial charge in [0.25, 0.3) is 5.91 Å². The van der Waals surface area contributed by atoms with Crippen molar-refractivity contribution < 1.29 is 9.53 Å². The summed E-state index contributed by atoms with van der Waals surface area (Å²) < 4.78 is 5.43. The Morgan fingerprint density at radius 3 is 3.06 bits per heavy atom. The predicted molar refractivity (Wildman–Crippen MR) is 69.6 cm³/mol. The summed E-state index contributed by atoms with van der Waals surface area (Å²) in [7, 11) is 0. The van der Waals surface area contributed by atoms with Crippen molar-refractivity contribution in [2.24, 2.45) is 0 Å². The molecule has 2 atom stereocenters. The summed E-state index contributed by atoms with van der Waals surface area (Å²) >= 11 is 5.77. The number of anilines is 1. The minimum absolute atomic E-state index is 0.134. The molecule has 1 fully saturated rings. The lowest BCUT2D eigenvalue weighted by Crippen LogP contribution is -2.41. The van der Waals surface area contributed by atoms with Crippen LogP contribution in [0.15, 0.2) is 12.1 Å². The number of hydrogen-bond donors (Lipinski definition) is 2. The highest BCUT2D eigenvalue weighted by Crippen LogP contribution is 2.16. The number of carbonyl (C=O) groups is 1. The first-order valence-electron chi connectivity index (χ1n) is 5.90. The second-order valence-corrected chi connectivity index (χ2v) is 4.87. The number of hydrogen-bond acceptors (Lipinski definition) is 4. The quantitative estimate of drug-likeness (QED) is 0.800. The van der Waals surface area contributed by atoms with Gasteiger partial charge in [0.05, 0.1) is 6.10 Å². The number of nitrogens with two attached hydrogens (primary N) is 1. The van der Waals surface area contributed by atoms with Crippen LogP contribution in [0.4, 0.5) is 5.82 Å². The molecule has 18 heavy (non-hydrogen) atoms. The van der Waals surface area contributed by atoms with E-state index in [1.807, 2.05) is 6.92 Å². The molecule has 1 aromatic heterocycles. The van der Waals surface area contributed by atoms with E-state index in [-0.39, 0.29) is 29.0 Å². The maximum absolute atomic E-state index is 12.0. The lowest BCUT2D eigenvalue weighted by Gasteiger charge is -2.27. The summed E-state index contributed by atoms with van der Waals surface area (Å²) in [5.74, 6) is 0.0677. The van der Waals surface area contributed by atoms with Crippen LogP contribution in [0, 0.1) is 0 Å². The fourth-order valence-corrected chi connectivity index (χ4v) is 2.26. The minimum atomic E-state index is -0.176. The van der Waals surface area contributed by atoms with Crippen molar-refractivity contribution in [3.05, 3.63) is 22.8 Å². The summed E-state index contributed by atoms with van der Waals surface area (Å²) in [5, 5.41) is 3.18.